The minimum Gasteiger partial charge on any atom is -0.330 e. The van der Waals surface area contributed by atoms with Gasteiger partial charge in [0.2, 0.25) is 0 Å². The first-order chi connectivity index (χ1) is 6.22. The Bertz CT molecular complexity index is 179. The van der Waals surface area contributed by atoms with E-state index < -0.39 is 0 Å². The third-order valence-corrected chi connectivity index (χ3v) is 3.99. The quantitative estimate of drug-likeness (QED) is 0.700. The Balaban J connectivity index is 2.02. The highest BCUT2D eigenvalue weighted by Gasteiger charge is 2.40. The van der Waals surface area contributed by atoms with Gasteiger partial charge in [-0.1, -0.05) is 0 Å². The standard InChI is InChI=1S/C11H22N2/c1-8(2)13-7-10-5-11(13)4-3-9(10)6-12/h8-11H,3-7,12H2,1-2H3. The van der Waals surface area contributed by atoms with Gasteiger partial charge in [0.15, 0.2) is 0 Å². The van der Waals surface area contributed by atoms with E-state index in [-0.39, 0.29) is 0 Å². The highest BCUT2D eigenvalue weighted by molar-refractivity contribution is 4.94. The van der Waals surface area contributed by atoms with Crippen molar-refractivity contribution in [2.45, 2.75) is 45.2 Å². The van der Waals surface area contributed by atoms with Gasteiger partial charge in [0, 0.05) is 18.6 Å². The van der Waals surface area contributed by atoms with Crippen molar-refractivity contribution < 1.29 is 0 Å². The molecule has 2 bridgehead atoms. The van der Waals surface area contributed by atoms with Crippen LogP contribution in [0.2, 0.25) is 0 Å². The van der Waals surface area contributed by atoms with E-state index in [1.165, 1.54) is 25.8 Å². The Hall–Kier alpha value is -0.0800. The average molecular weight is 182 g/mol. The van der Waals surface area contributed by atoms with Crippen molar-refractivity contribution in [1.29, 1.82) is 0 Å². The zero-order valence-corrected chi connectivity index (χ0v) is 8.87. The van der Waals surface area contributed by atoms with Crippen molar-refractivity contribution in [3.8, 4) is 0 Å². The number of nitrogens with two attached hydrogens (primary N) is 1. The topological polar surface area (TPSA) is 29.3 Å². The Labute approximate surface area is 81.5 Å². The molecular formula is C11H22N2. The van der Waals surface area contributed by atoms with Crippen molar-refractivity contribution in [3.63, 3.8) is 0 Å². The lowest BCUT2D eigenvalue weighted by molar-refractivity contribution is 0.195. The molecule has 2 fully saturated rings. The molecule has 0 spiro atoms. The van der Waals surface area contributed by atoms with E-state index in [1.54, 1.807) is 0 Å². The second-order valence-corrected chi connectivity index (χ2v) is 5.01. The van der Waals surface area contributed by atoms with Crippen LogP contribution in [0.4, 0.5) is 0 Å². The molecular weight excluding hydrogens is 160 g/mol. The summed E-state index contributed by atoms with van der Waals surface area (Å²) in [5.41, 5.74) is 5.79. The average Bonchev–Trinajstić information content (AvgIpc) is 2.45. The van der Waals surface area contributed by atoms with Crippen LogP contribution in [0.1, 0.15) is 33.1 Å². The summed E-state index contributed by atoms with van der Waals surface area (Å²) in [6.07, 6.45) is 4.17. The van der Waals surface area contributed by atoms with Crippen LogP contribution >= 0.6 is 0 Å². The maximum atomic E-state index is 5.79. The summed E-state index contributed by atoms with van der Waals surface area (Å²) in [5, 5.41) is 0. The Morgan fingerprint density at radius 3 is 2.77 bits per heavy atom. The predicted molar refractivity (Wildman–Crippen MR) is 55.5 cm³/mol. The van der Waals surface area contributed by atoms with Gasteiger partial charge in [-0.2, -0.15) is 0 Å². The molecule has 0 aromatic heterocycles. The second kappa shape index (κ2) is 3.58. The summed E-state index contributed by atoms with van der Waals surface area (Å²) < 4.78 is 0. The predicted octanol–water partition coefficient (Wildman–Crippen LogP) is 1.45. The van der Waals surface area contributed by atoms with Crippen LogP contribution in [0.3, 0.4) is 0 Å². The van der Waals surface area contributed by atoms with Crippen LogP contribution in [-0.2, 0) is 0 Å². The maximum absolute atomic E-state index is 5.79. The molecule has 2 N–H and O–H groups in total. The third-order valence-electron chi connectivity index (χ3n) is 3.99. The summed E-state index contributed by atoms with van der Waals surface area (Å²) >= 11 is 0. The van der Waals surface area contributed by atoms with E-state index in [0.717, 1.165) is 30.5 Å². The van der Waals surface area contributed by atoms with Crippen molar-refractivity contribution in [2.24, 2.45) is 17.6 Å². The van der Waals surface area contributed by atoms with Crippen molar-refractivity contribution in [1.82, 2.24) is 4.90 Å². The highest BCUT2D eigenvalue weighted by Crippen LogP contribution is 2.39. The fraction of sp³-hybridized carbons (Fsp3) is 1.00. The number of likely N-dealkylation sites (tertiary alicyclic amines) is 1. The fourth-order valence-corrected chi connectivity index (χ4v) is 3.19. The van der Waals surface area contributed by atoms with Crippen LogP contribution in [0, 0.1) is 11.8 Å². The van der Waals surface area contributed by atoms with Gasteiger partial charge in [-0.05, 0) is 51.5 Å². The first kappa shape index (κ1) is 9.47. The smallest absolute Gasteiger partial charge is 0.0101 e. The molecule has 1 saturated heterocycles. The molecule has 3 unspecified atom stereocenters. The zero-order chi connectivity index (χ0) is 9.42. The first-order valence-corrected chi connectivity index (χ1v) is 5.68. The largest absolute Gasteiger partial charge is 0.330 e. The minimum absolute atomic E-state index is 0.728. The molecule has 13 heavy (non-hydrogen) atoms. The summed E-state index contributed by atoms with van der Waals surface area (Å²) in [4.78, 5) is 2.68. The van der Waals surface area contributed by atoms with Crippen LogP contribution in [0.5, 0.6) is 0 Å². The molecule has 2 rings (SSSR count). The van der Waals surface area contributed by atoms with Gasteiger partial charge < -0.3 is 5.73 Å². The lowest BCUT2D eigenvalue weighted by atomic mass is 9.80. The molecule has 76 valence electrons. The number of fused-ring (bicyclic) bond motifs is 2. The third kappa shape index (κ3) is 1.62. The Kier molecular flexibility index (Phi) is 2.61. The molecule has 2 aliphatic rings. The molecule has 2 heteroatoms. The van der Waals surface area contributed by atoms with E-state index >= 15 is 0 Å². The Morgan fingerprint density at radius 1 is 1.38 bits per heavy atom. The number of hydrogen-bond donors (Lipinski definition) is 1. The van der Waals surface area contributed by atoms with Crippen molar-refractivity contribution >= 4 is 0 Å². The summed E-state index contributed by atoms with van der Waals surface area (Å²) in [7, 11) is 0. The lowest BCUT2D eigenvalue weighted by Gasteiger charge is -2.29. The van der Waals surface area contributed by atoms with Crippen LogP contribution in [-0.4, -0.2) is 30.1 Å². The van der Waals surface area contributed by atoms with E-state index in [1.807, 2.05) is 0 Å². The normalized spacial score (nSPS) is 40.2. The number of hydrogen-bond acceptors (Lipinski definition) is 2. The number of nitrogens with zero attached hydrogens (tertiary/aromatic N) is 1. The van der Waals surface area contributed by atoms with Gasteiger partial charge in [-0.15, -0.1) is 0 Å². The molecule has 1 aliphatic carbocycles. The minimum atomic E-state index is 0.728. The molecule has 0 aromatic carbocycles. The highest BCUT2D eigenvalue weighted by atomic mass is 15.2. The molecule has 0 radical (unpaired) electrons. The van der Waals surface area contributed by atoms with Crippen molar-refractivity contribution in [2.75, 3.05) is 13.1 Å². The van der Waals surface area contributed by atoms with E-state index in [0.29, 0.717) is 0 Å². The SMILES string of the molecule is CC(C)N1CC2CC1CCC2CN. The molecule has 0 aromatic rings. The zero-order valence-electron chi connectivity index (χ0n) is 8.87. The molecule has 3 atom stereocenters. The van der Waals surface area contributed by atoms with Gasteiger partial charge in [-0.25, -0.2) is 0 Å². The fourth-order valence-electron chi connectivity index (χ4n) is 3.19. The molecule has 0 amide bonds. The van der Waals surface area contributed by atoms with Gasteiger partial charge in [-0.3, -0.25) is 4.90 Å². The van der Waals surface area contributed by atoms with Crippen molar-refractivity contribution in [3.05, 3.63) is 0 Å². The molecule has 2 nitrogen and oxygen atoms in total. The van der Waals surface area contributed by atoms with Gasteiger partial charge >= 0.3 is 0 Å². The van der Waals surface area contributed by atoms with Gasteiger partial charge in [0.05, 0.1) is 0 Å². The van der Waals surface area contributed by atoms with Gasteiger partial charge in [0.25, 0.3) is 0 Å². The van der Waals surface area contributed by atoms with Crippen LogP contribution in [0.25, 0.3) is 0 Å². The first-order valence-electron chi connectivity index (χ1n) is 5.68. The molecule has 1 heterocycles. The van der Waals surface area contributed by atoms with E-state index in [2.05, 4.69) is 18.7 Å². The summed E-state index contributed by atoms with van der Waals surface area (Å²) in [6.45, 7) is 6.85. The van der Waals surface area contributed by atoms with E-state index in [4.69, 9.17) is 5.73 Å². The molecule has 1 aliphatic heterocycles. The summed E-state index contributed by atoms with van der Waals surface area (Å²) in [5.74, 6) is 1.73. The second-order valence-electron chi connectivity index (χ2n) is 5.01. The maximum Gasteiger partial charge on any atom is 0.0101 e. The molecule has 1 saturated carbocycles. The number of rotatable bonds is 2. The lowest BCUT2D eigenvalue weighted by Crippen LogP contribution is -2.35. The van der Waals surface area contributed by atoms with E-state index in [9.17, 15) is 0 Å². The Morgan fingerprint density at radius 2 is 2.15 bits per heavy atom. The summed E-state index contributed by atoms with van der Waals surface area (Å²) in [6, 6.07) is 1.61. The van der Waals surface area contributed by atoms with Crippen LogP contribution < -0.4 is 5.73 Å². The van der Waals surface area contributed by atoms with Crippen LogP contribution in [0.15, 0.2) is 0 Å². The monoisotopic (exact) mass is 182 g/mol. The van der Waals surface area contributed by atoms with Gasteiger partial charge in [0.1, 0.15) is 0 Å².